The zero-order valence-electron chi connectivity index (χ0n) is 14.6. The molecule has 0 aromatic heterocycles. The summed E-state index contributed by atoms with van der Waals surface area (Å²) in [7, 11) is 0. The summed E-state index contributed by atoms with van der Waals surface area (Å²) in [4.78, 5) is 12.2. The SMILES string of the molecule is Cc1cc(OCC(=O)N[C@H](C)c2ccccc2)c(C(C)C)cc1Br. The van der Waals surface area contributed by atoms with Crippen LogP contribution < -0.4 is 10.1 Å². The van der Waals surface area contributed by atoms with E-state index in [-0.39, 0.29) is 18.6 Å². The van der Waals surface area contributed by atoms with Gasteiger partial charge in [0.2, 0.25) is 0 Å². The number of hydrogen-bond acceptors (Lipinski definition) is 2. The summed E-state index contributed by atoms with van der Waals surface area (Å²) in [5.41, 5.74) is 3.26. The van der Waals surface area contributed by atoms with Gasteiger partial charge in [-0.1, -0.05) is 60.1 Å². The van der Waals surface area contributed by atoms with E-state index >= 15 is 0 Å². The van der Waals surface area contributed by atoms with E-state index in [4.69, 9.17) is 4.74 Å². The molecule has 2 aromatic rings. The fourth-order valence-corrected chi connectivity index (χ4v) is 2.86. The lowest BCUT2D eigenvalue weighted by atomic mass is 10.0. The molecule has 24 heavy (non-hydrogen) atoms. The largest absolute Gasteiger partial charge is 0.483 e. The third kappa shape index (κ3) is 4.84. The summed E-state index contributed by atoms with van der Waals surface area (Å²) in [5.74, 6) is 0.970. The van der Waals surface area contributed by atoms with E-state index in [0.29, 0.717) is 5.92 Å². The molecule has 0 heterocycles. The van der Waals surface area contributed by atoms with Gasteiger partial charge in [-0.3, -0.25) is 4.79 Å². The Labute approximate surface area is 152 Å². The number of ether oxygens (including phenoxy) is 1. The lowest BCUT2D eigenvalue weighted by molar-refractivity contribution is -0.123. The Kier molecular flexibility index (Phi) is 6.44. The Morgan fingerprint density at radius 2 is 1.83 bits per heavy atom. The molecule has 0 radical (unpaired) electrons. The molecule has 1 N–H and O–H groups in total. The van der Waals surface area contributed by atoms with Crippen LogP contribution in [0.3, 0.4) is 0 Å². The Morgan fingerprint density at radius 1 is 1.17 bits per heavy atom. The summed E-state index contributed by atoms with van der Waals surface area (Å²) in [6, 6.07) is 13.9. The molecule has 0 bridgehead atoms. The van der Waals surface area contributed by atoms with Gasteiger partial charge < -0.3 is 10.1 Å². The summed E-state index contributed by atoms with van der Waals surface area (Å²) in [6.07, 6.45) is 0. The third-order valence-corrected chi connectivity index (χ3v) is 4.80. The second-order valence-corrected chi connectivity index (χ2v) is 7.14. The van der Waals surface area contributed by atoms with Crippen LogP contribution in [0.15, 0.2) is 46.9 Å². The first kappa shape index (κ1) is 18.5. The van der Waals surface area contributed by atoms with Crippen molar-refractivity contribution in [2.45, 2.75) is 39.7 Å². The van der Waals surface area contributed by atoms with Crippen molar-refractivity contribution in [2.75, 3.05) is 6.61 Å². The van der Waals surface area contributed by atoms with E-state index in [1.54, 1.807) is 0 Å². The van der Waals surface area contributed by atoms with E-state index < -0.39 is 0 Å². The van der Waals surface area contributed by atoms with Gasteiger partial charge in [0.05, 0.1) is 6.04 Å². The van der Waals surface area contributed by atoms with E-state index in [1.807, 2.05) is 50.2 Å². The molecule has 0 unspecified atom stereocenters. The van der Waals surface area contributed by atoms with Gasteiger partial charge in [-0.25, -0.2) is 0 Å². The first-order chi connectivity index (χ1) is 11.4. The van der Waals surface area contributed by atoms with Crippen LogP contribution >= 0.6 is 15.9 Å². The van der Waals surface area contributed by atoms with Gasteiger partial charge in [0, 0.05) is 4.47 Å². The molecule has 1 amide bonds. The van der Waals surface area contributed by atoms with Crippen LogP contribution in [0.4, 0.5) is 0 Å². The minimum absolute atomic E-state index is 0.0119. The minimum Gasteiger partial charge on any atom is -0.483 e. The quantitative estimate of drug-likeness (QED) is 0.742. The van der Waals surface area contributed by atoms with Crippen molar-refractivity contribution >= 4 is 21.8 Å². The molecular formula is C20H24BrNO2. The maximum Gasteiger partial charge on any atom is 0.258 e. The van der Waals surface area contributed by atoms with Gasteiger partial charge in [0.25, 0.3) is 5.91 Å². The second-order valence-electron chi connectivity index (χ2n) is 6.28. The van der Waals surface area contributed by atoms with Gasteiger partial charge in [-0.15, -0.1) is 0 Å². The topological polar surface area (TPSA) is 38.3 Å². The fraction of sp³-hybridized carbons (Fsp3) is 0.350. The van der Waals surface area contributed by atoms with Crippen molar-refractivity contribution in [3.63, 3.8) is 0 Å². The minimum atomic E-state index is -0.123. The van der Waals surface area contributed by atoms with Crippen molar-refractivity contribution in [1.29, 1.82) is 0 Å². The molecule has 3 nitrogen and oxygen atoms in total. The van der Waals surface area contributed by atoms with Crippen LogP contribution in [0.5, 0.6) is 5.75 Å². The fourth-order valence-electron chi connectivity index (χ4n) is 2.50. The molecule has 0 saturated carbocycles. The molecule has 0 aliphatic carbocycles. The van der Waals surface area contributed by atoms with Gasteiger partial charge in [-0.05, 0) is 48.6 Å². The molecule has 1 atom stereocenters. The maximum absolute atomic E-state index is 12.2. The van der Waals surface area contributed by atoms with Crippen molar-refractivity contribution in [2.24, 2.45) is 0 Å². The number of nitrogens with one attached hydrogen (secondary N) is 1. The van der Waals surface area contributed by atoms with Crippen molar-refractivity contribution < 1.29 is 9.53 Å². The second kappa shape index (κ2) is 8.34. The van der Waals surface area contributed by atoms with Crippen LogP contribution in [0.2, 0.25) is 0 Å². The summed E-state index contributed by atoms with van der Waals surface area (Å²) < 4.78 is 6.86. The summed E-state index contributed by atoms with van der Waals surface area (Å²) in [6.45, 7) is 8.22. The molecule has 0 aliphatic heterocycles. The standard InChI is InChI=1S/C20H24BrNO2/c1-13(2)17-11-18(21)14(3)10-19(17)24-12-20(23)22-15(4)16-8-6-5-7-9-16/h5-11,13,15H,12H2,1-4H3,(H,22,23)/t15-/m1/s1. The molecule has 0 aliphatic rings. The van der Waals surface area contributed by atoms with Crippen LogP contribution in [-0.4, -0.2) is 12.5 Å². The number of halogens is 1. The zero-order chi connectivity index (χ0) is 17.7. The number of benzene rings is 2. The third-order valence-electron chi connectivity index (χ3n) is 3.95. The van der Waals surface area contributed by atoms with Crippen LogP contribution in [-0.2, 0) is 4.79 Å². The molecule has 0 saturated heterocycles. The van der Waals surface area contributed by atoms with Crippen molar-refractivity contribution in [1.82, 2.24) is 5.32 Å². The van der Waals surface area contributed by atoms with Gasteiger partial charge >= 0.3 is 0 Å². The highest BCUT2D eigenvalue weighted by molar-refractivity contribution is 9.10. The average Bonchev–Trinajstić information content (AvgIpc) is 2.56. The number of aryl methyl sites for hydroxylation is 1. The molecule has 2 aromatic carbocycles. The molecule has 0 fully saturated rings. The maximum atomic E-state index is 12.2. The Hall–Kier alpha value is -1.81. The smallest absolute Gasteiger partial charge is 0.258 e. The van der Waals surface area contributed by atoms with Crippen LogP contribution in [0, 0.1) is 6.92 Å². The highest BCUT2D eigenvalue weighted by Gasteiger charge is 2.14. The number of amides is 1. The highest BCUT2D eigenvalue weighted by Crippen LogP contribution is 2.32. The van der Waals surface area contributed by atoms with E-state index in [0.717, 1.165) is 26.9 Å². The van der Waals surface area contributed by atoms with Gasteiger partial charge in [0.1, 0.15) is 5.75 Å². The van der Waals surface area contributed by atoms with E-state index in [2.05, 4.69) is 41.2 Å². The zero-order valence-corrected chi connectivity index (χ0v) is 16.2. The molecule has 128 valence electrons. The van der Waals surface area contributed by atoms with E-state index in [9.17, 15) is 4.79 Å². The predicted octanol–water partition coefficient (Wildman–Crippen LogP) is 5.14. The predicted molar refractivity (Wildman–Crippen MR) is 101 cm³/mol. The Morgan fingerprint density at radius 3 is 2.46 bits per heavy atom. The number of carbonyl (C=O) groups is 1. The van der Waals surface area contributed by atoms with Crippen molar-refractivity contribution in [3.8, 4) is 5.75 Å². The van der Waals surface area contributed by atoms with Crippen LogP contribution in [0.1, 0.15) is 49.4 Å². The Bertz CT molecular complexity index is 698. The number of hydrogen-bond donors (Lipinski definition) is 1. The number of rotatable bonds is 6. The lowest BCUT2D eigenvalue weighted by Gasteiger charge is -2.18. The number of carbonyl (C=O) groups excluding carboxylic acids is 1. The molecular weight excluding hydrogens is 366 g/mol. The average molecular weight is 390 g/mol. The monoisotopic (exact) mass is 389 g/mol. The first-order valence-corrected chi connectivity index (χ1v) is 8.95. The van der Waals surface area contributed by atoms with Gasteiger partial charge in [0.15, 0.2) is 6.61 Å². The summed E-state index contributed by atoms with van der Waals surface area (Å²) >= 11 is 3.55. The van der Waals surface area contributed by atoms with Crippen molar-refractivity contribution in [3.05, 3.63) is 63.6 Å². The molecule has 2 rings (SSSR count). The molecule has 0 spiro atoms. The van der Waals surface area contributed by atoms with Crippen LogP contribution in [0.25, 0.3) is 0 Å². The lowest BCUT2D eigenvalue weighted by Crippen LogP contribution is -2.31. The molecule has 4 heteroatoms. The van der Waals surface area contributed by atoms with Gasteiger partial charge in [-0.2, -0.15) is 0 Å². The van der Waals surface area contributed by atoms with E-state index in [1.165, 1.54) is 0 Å². The first-order valence-electron chi connectivity index (χ1n) is 8.15. The highest BCUT2D eigenvalue weighted by atomic mass is 79.9. The normalized spacial score (nSPS) is 12.1. The summed E-state index contributed by atoms with van der Waals surface area (Å²) in [5, 5.41) is 2.97. The Balaban J connectivity index is 2.00.